The number of hydrogen-bond donors (Lipinski definition) is 2. The summed E-state index contributed by atoms with van der Waals surface area (Å²) in [7, 11) is 3.49. The molecule has 2 aliphatic rings. The third kappa shape index (κ3) is 6.55. The van der Waals surface area contributed by atoms with Gasteiger partial charge in [-0.3, -0.25) is 4.79 Å². The zero-order valence-corrected chi connectivity index (χ0v) is 16.6. The second-order valence-corrected chi connectivity index (χ2v) is 8.47. The van der Waals surface area contributed by atoms with Crippen LogP contribution in [-0.2, 0) is 9.53 Å². The van der Waals surface area contributed by atoms with Crippen LogP contribution in [0.15, 0.2) is 17.1 Å². The van der Waals surface area contributed by atoms with Crippen LogP contribution in [0.3, 0.4) is 0 Å². The van der Waals surface area contributed by atoms with Gasteiger partial charge < -0.3 is 20.3 Å². The fraction of sp³-hybridized carbons (Fsp3) is 0.778. The molecule has 0 aromatic heterocycles. The topological polar surface area (TPSA) is 66.0 Å². The monoisotopic (exact) mass is 368 g/mol. The van der Waals surface area contributed by atoms with Gasteiger partial charge in [0, 0.05) is 33.3 Å². The molecule has 7 heteroatoms. The van der Waals surface area contributed by atoms with Gasteiger partial charge in [-0.05, 0) is 44.1 Å². The molecule has 0 aromatic carbocycles. The van der Waals surface area contributed by atoms with E-state index in [4.69, 9.17) is 4.74 Å². The lowest BCUT2D eigenvalue weighted by Gasteiger charge is -2.43. The first kappa shape index (κ1) is 20.1. The van der Waals surface area contributed by atoms with E-state index in [1.54, 1.807) is 19.0 Å². The predicted octanol–water partition coefficient (Wildman–Crippen LogP) is 1.63. The Hall–Kier alpha value is -1.21. The highest BCUT2D eigenvalue weighted by atomic mass is 32.2. The van der Waals surface area contributed by atoms with Crippen LogP contribution in [0.5, 0.6) is 0 Å². The maximum Gasteiger partial charge on any atom is 0.243 e. The number of carbonyl (C=O) groups excluding carboxylic acids is 1. The Kier molecular flexibility index (Phi) is 7.62. The molecule has 2 saturated heterocycles. The minimum Gasteiger partial charge on any atom is -0.375 e. The van der Waals surface area contributed by atoms with Crippen molar-refractivity contribution in [1.29, 1.82) is 0 Å². The number of ether oxygens (including phenoxy) is 1. The fourth-order valence-corrected chi connectivity index (χ4v) is 4.35. The summed E-state index contributed by atoms with van der Waals surface area (Å²) in [6, 6.07) is 0.322. The number of amides is 1. The quantitative estimate of drug-likeness (QED) is 0.439. The molecule has 2 rings (SSSR count). The van der Waals surface area contributed by atoms with Crippen molar-refractivity contribution >= 4 is 23.6 Å². The van der Waals surface area contributed by atoms with E-state index in [9.17, 15) is 4.79 Å². The number of nitrogens with one attached hydrogen (secondary N) is 2. The number of thioether (sulfide) groups is 1. The van der Waals surface area contributed by atoms with Crippen LogP contribution in [-0.4, -0.2) is 73.7 Å². The van der Waals surface area contributed by atoms with E-state index in [1.165, 1.54) is 11.5 Å². The van der Waals surface area contributed by atoms with E-state index in [0.717, 1.165) is 37.9 Å². The molecule has 0 radical (unpaired) electrons. The second kappa shape index (κ2) is 9.48. The summed E-state index contributed by atoms with van der Waals surface area (Å²) >= 11 is 2.01. The van der Waals surface area contributed by atoms with Gasteiger partial charge in [-0.15, -0.1) is 0 Å². The minimum atomic E-state index is -0.0100. The summed E-state index contributed by atoms with van der Waals surface area (Å²) in [4.78, 5) is 17.9. The van der Waals surface area contributed by atoms with Gasteiger partial charge in [-0.25, -0.2) is 4.99 Å². The van der Waals surface area contributed by atoms with Crippen LogP contribution in [0.25, 0.3) is 0 Å². The third-order valence-corrected chi connectivity index (χ3v) is 5.65. The molecule has 0 bridgehead atoms. The second-order valence-electron chi connectivity index (χ2n) is 7.24. The first-order valence-corrected chi connectivity index (χ1v) is 10.2. The van der Waals surface area contributed by atoms with Crippen LogP contribution in [0, 0.1) is 0 Å². The van der Waals surface area contributed by atoms with Crippen molar-refractivity contribution in [3.8, 4) is 0 Å². The van der Waals surface area contributed by atoms with Crippen LogP contribution in [0.1, 0.15) is 32.6 Å². The van der Waals surface area contributed by atoms with Crippen molar-refractivity contribution in [2.75, 3.05) is 45.3 Å². The van der Waals surface area contributed by atoms with Gasteiger partial charge in [-0.1, -0.05) is 12.2 Å². The lowest BCUT2D eigenvalue weighted by molar-refractivity contribution is -0.127. The Morgan fingerprint density at radius 2 is 2.12 bits per heavy atom. The van der Waals surface area contributed by atoms with Gasteiger partial charge >= 0.3 is 0 Å². The molecule has 1 atom stereocenters. The van der Waals surface area contributed by atoms with Crippen molar-refractivity contribution < 1.29 is 9.53 Å². The van der Waals surface area contributed by atoms with Crippen LogP contribution in [0.2, 0.25) is 0 Å². The van der Waals surface area contributed by atoms with Crippen molar-refractivity contribution in [3.05, 3.63) is 12.2 Å². The molecule has 2 heterocycles. The zero-order valence-electron chi connectivity index (χ0n) is 15.8. The number of guanidine groups is 1. The normalized spacial score (nSPS) is 23.2. The Morgan fingerprint density at radius 1 is 1.40 bits per heavy atom. The maximum absolute atomic E-state index is 11.8. The molecule has 2 aliphatic heterocycles. The number of hydrogen-bond acceptors (Lipinski definition) is 4. The molecule has 2 fully saturated rings. The first-order valence-electron chi connectivity index (χ1n) is 9.01. The lowest BCUT2D eigenvalue weighted by atomic mass is 9.85. The lowest BCUT2D eigenvalue weighted by Crippen LogP contribution is -2.52. The molecule has 6 nitrogen and oxygen atoms in total. The third-order valence-electron chi connectivity index (χ3n) is 4.67. The predicted molar refractivity (Wildman–Crippen MR) is 105 cm³/mol. The van der Waals surface area contributed by atoms with Gasteiger partial charge in [0.1, 0.15) is 6.54 Å². The van der Waals surface area contributed by atoms with E-state index < -0.39 is 0 Å². The van der Waals surface area contributed by atoms with E-state index in [2.05, 4.69) is 22.2 Å². The average molecular weight is 369 g/mol. The highest BCUT2D eigenvalue weighted by Gasteiger charge is 2.38. The fourth-order valence-electron chi connectivity index (χ4n) is 3.11. The summed E-state index contributed by atoms with van der Waals surface area (Å²) in [6.07, 6.45) is 4.22. The van der Waals surface area contributed by atoms with E-state index in [0.29, 0.717) is 18.5 Å². The number of aliphatic imine (C=N–C) groups is 1. The molecule has 1 unspecified atom stereocenters. The van der Waals surface area contributed by atoms with Gasteiger partial charge in [0.2, 0.25) is 5.91 Å². The van der Waals surface area contributed by atoms with Gasteiger partial charge in [0.15, 0.2) is 5.96 Å². The number of likely N-dealkylation sites (N-methyl/N-ethyl adjacent to an activating group) is 1. The van der Waals surface area contributed by atoms with E-state index >= 15 is 0 Å². The Labute approximate surface area is 155 Å². The standard InChI is InChI=1S/C18H32N4O2S/c1-14(2)12-19-17(20-13-16(23)22(3)4)21-15-5-8-24-18(11-15)6-9-25-10-7-18/h15H,1,5-13H2,2-4H3,(H2,19,20,21). The van der Waals surface area contributed by atoms with Gasteiger partial charge in [0.25, 0.3) is 0 Å². The Bertz CT molecular complexity index is 496. The largest absolute Gasteiger partial charge is 0.375 e. The molecule has 2 N–H and O–H groups in total. The van der Waals surface area contributed by atoms with Crippen molar-refractivity contribution in [3.63, 3.8) is 0 Å². The molecule has 25 heavy (non-hydrogen) atoms. The number of nitrogens with zero attached hydrogens (tertiary/aromatic N) is 2. The average Bonchev–Trinajstić information content (AvgIpc) is 2.57. The molecule has 0 aliphatic carbocycles. The molecule has 142 valence electrons. The number of rotatable bonds is 5. The molecular weight excluding hydrogens is 336 g/mol. The van der Waals surface area contributed by atoms with Crippen LogP contribution in [0.4, 0.5) is 0 Å². The number of carbonyl (C=O) groups is 1. The summed E-state index contributed by atoms with van der Waals surface area (Å²) in [6.45, 7) is 7.47. The highest BCUT2D eigenvalue weighted by molar-refractivity contribution is 7.99. The Morgan fingerprint density at radius 3 is 2.76 bits per heavy atom. The van der Waals surface area contributed by atoms with E-state index in [1.807, 2.05) is 18.7 Å². The maximum atomic E-state index is 11.8. The molecule has 0 aromatic rings. The summed E-state index contributed by atoms with van der Waals surface area (Å²) < 4.78 is 6.16. The van der Waals surface area contributed by atoms with Crippen molar-refractivity contribution in [2.24, 2.45) is 4.99 Å². The summed E-state index contributed by atoms with van der Waals surface area (Å²) in [5.74, 6) is 3.03. The van der Waals surface area contributed by atoms with Crippen LogP contribution >= 0.6 is 11.8 Å². The minimum absolute atomic E-state index is 0.0100. The SMILES string of the molecule is C=C(C)CNC(=NCC(=O)N(C)C)NC1CCOC2(CCSCC2)C1. The molecule has 0 saturated carbocycles. The van der Waals surface area contributed by atoms with Crippen molar-refractivity contribution in [1.82, 2.24) is 15.5 Å². The summed E-state index contributed by atoms with van der Waals surface area (Å²) in [5.41, 5.74) is 1.06. The molecule has 1 spiro atoms. The summed E-state index contributed by atoms with van der Waals surface area (Å²) in [5, 5.41) is 6.79. The van der Waals surface area contributed by atoms with Crippen molar-refractivity contribution in [2.45, 2.75) is 44.2 Å². The first-order chi connectivity index (χ1) is 11.9. The van der Waals surface area contributed by atoms with E-state index in [-0.39, 0.29) is 18.1 Å². The highest BCUT2D eigenvalue weighted by Crippen LogP contribution is 2.37. The Balaban J connectivity index is 1.97. The van der Waals surface area contributed by atoms with Crippen LogP contribution < -0.4 is 10.6 Å². The molecule has 1 amide bonds. The van der Waals surface area contributed by atoms with Gasteiger partial charge in [-0.2, -0.15) is 11.8 Å². The smallest absolute Gasteiger partial charge is 0.243 e. The zero-order chi connectivity index (χ0) is 18.3. The van der Waals surface area contributed by atoms with Gasteiger partial charge in [0.05, 0.1) is 5.60 Å². The molecular formula is C18H32N4O2S.